The van der Waals surface area contributed by atoms with E-state index in [2.05, 4.69) is 15.9 Å². The molecule has 0 aromatic heterocycles. The van der Waals surface area contributed by atoms with Gasteiger partial charge in [-0.15, -0.1) is 0 Å². The maximum Gasteiger partial charge on any atom is 0.150 e. The zero-order valence-corrected chi connectivity index (χ0v) is 11.1. The lowest BCUT2D eigenvalue weighted by Crippen LogP contribution is -1.95. The molecule has 0 bridgehead atoms. The van der Waals surface area contributed by atoms with E-state index in [4.69, 9.17) is 10.5 Å². The standard InChI is InChI=1S/C13H10BrF2NO/c1-7-4-13(12(17)6-10(7)15)18-8-2-3-9(14)11(16)5-8/h2-6H,17H2,1H3. The Morgan fingerprint density at radius 2 is 1.83 bits per heavy atom. The van der Waals surface area contributed by atoms with Crippen LogP contribution >= 0.6 is 15.9 Å². The van der Waals surface area contributed by atoms with Gasteiger partial charge in [0.25, 0.3) is 0 Å². The van der Waals surface area contributed by atoms with Crippen molar-refractivity contribution in [1.82, 2.24) is 0 Å². The van der Waals surface area contributed by atoms with Gasteiger partial charge in [0.2, 0.25) is 0 Å². The van der Waals surface area contributed by atoms with Crippen molar-refractivity contribution in [3.05, 3.63) is 52.0 Å². The predicted octanol–water partition coefficient (Wildman–Crippen LogP) is 4.41. The van der Waals surface area contributed by atoms with Crippen LogP contribution < -0.4 is 10.5 Å². The molecule has 0 unspecified atom stereocenters. The van der Waals surface area contributed by atoms with Crippen LogP contribution in [0.5, 0.6) is 11.5 Å². The van der Waals surface area contributed by atoms with E-state index in [1.807, 2.05) is 0 Å². The maximum atomic E-state index is 13.3. The van der Waals surface area contributed by atoms with Gasteiger partial charge in [0.15, 0.2) is 5.75 Å². The number of hydrogen-bond donors (Lipinski definition) is 1. The highest BCUT2D eigenvalue weighted by Crippen LogP contribution is 2.31. The van der Waals surface area contributed by atoms with Crippen LogP contribution in [0.1, 0.15) is 5.56 Å². The normalized spacial score (nSPS) is 10.4. The molecule has 0 atom stereocenters. The third-order valence-electron chi connectivity index (χ3n) is 2.41. The summed E-state index contributed by atoms with van der Waals surface area (Å²) in [7, 11) is 0. The molecule has 2 nitrogen and oxygen atoms in total. The highest BCUT2D eigenvalue weighted by atomic mass is 79.9. The molecule has 2 rings (SSSR count). The predicted molar refractivity (Wildman–Crippen MR) is 69.7 cm³/mol. The van der Waals surface area contributed by atoms with E-state index >= 15 is 0 Å². The summed E-state index contributed by atoms with van der Waals surface area (Å²) in [4.78, 5) is 0. The molecule has 0 saturated heterocycles. The van der Waals surface area contributed by atoms with Crippen molar-refractivity contribution in [3.63, 3.8) is 0 Å². The fraction of sp³-hybridized carbons (Fsp3) is 0.0769. The number of anilines is 1. The number of aryl methyl sites for hydroxylation is 1. The van der Waals surface area contributed by atoms with Gasteiger partial charge >= 0.3 is 0 Å². The minimum Gasteiger partial charge on any atom is -0.455 e. The van der Waals surface area contributed by atoms with Gasteiger partial charge < -0.3 is 10.5 Å². The molecule has 0 saturated carbocycles. The summed E-state index contributed by atoms with van der Waals surface area (Å²) in [5.41, 5.74) is 6.22. The SMILES string of the molecule is Cc1cc(Oc2ccc(Br)c(F)c2)c(N)cc1F. The van der Waals surface area contributed by atoms with Gasteiger partial charge in [-0.2, -0.15) is 0 Å². The van der Waals surface area contributed by atoms with Crippen LogP contribution in [0.25, 0.3) is 0 Å². The lowest BCUT2D eigenvalue weighted by molar-refractivity contribution is 0.476. The largest absolute Gasteiger partial charge is 0.455 e. The Bertz CT molecular complexity index is 602. The van der Waals surface area contributed by atoms with Crippen LogP contribution in [-0.2, 0) is 0 Å². The van der Waals surface area contributed by atoms with Crippen molar-refractivity contribution in [2.45, 2.75) is 6.92 Å². The molecule has 0 heterocycles. The minimum absolute atomic E-state index is 0.168. The molecule has 0 radical (unpaired) electrons. The van der Waals surface area contributed by atoms with Gasteiger partial charge in [0.1, 0.15) is 17.4 Å². The summed E-state index contributed by atoms with van der Waals surface area (Å²) < 4.78 is 32.3. The van der Waals surface area contributed by atoms with Gasteiger partial charge in [-0.1, -0.05) is 0 Å². The van der Waals surface area contributed by atoms with Gasteiger partial charge in [0.05, 0.1) is 10.2 Å². The number of hydrogen-bond acceptors (Lipinski definition) is 2. The number of benzene rings is 2. The first kappa shape index (κ1) is 12.8. The van der Waals surface area contributed by atoms with Crippen molar-refractivity contribution in [1.29, 1.82) is 0 Å². The summed E-state index contributed by atoms with van der Waals surface area (Å²) in [5, 5.41) is 0. The smallest absolute Gasteiger partial charge is 0.150 e. The quantitative estimate of drug-likeness (QED) is 0.833. The molecule has 0 fully saturated rings. The molecule has 94 valence electrons. The second-order valence-electron chi connectivity index (χ2n) is 3.82. The number of nitrogen functional groups attached to an aromatic ring is 1. The molecule has 2 aromatic rings. The first-order valence-corrected chi connectivity index (χ1v) is 5.95. The average molecular weight is 314 g/mol. The van der Waals surface area contributed by atoms with Crippen molar-refractivity contribution in [2.75, 3.05) is 5.73 Å². The summed E-state index contributed by atoms with van der Waals surface area (Å²) in [6.45, 7) is 1.60. The van der Waals surface area contributed by atoms with E-state index in [-0.39, 0.29) is 5.69 Å². The molecular formula is C13H10BrF2NO. The van der Waals surface area contributed by atoms with Gasteiger partial charge in [0, 0.05) is 12.1 Å². The zero-order valence-electron chi connectivity index (χ0n) is 9.51. The molecule has 0 spiro atoms. The number of rotatable bonds is 2. The van der Waals surface area contributed by atoms with Crippen LogP contribution in [-0.4, -0.2) is 0 Å². The Morgan fingerprint density at radius 3 is 2.50 bits per heavy atom. The van der Waals surface area contributed by atoms with E-state index in [1.54, 1.807) is 13.0 Å². The lowest BCUT2D eigenvalue weighted by atomic mass is 10.2. The Balaban J connectivity index is 2.34. The molecule has 0 amide bonds. The second kappa shape index (κ2) is 4.94. The van der Waals surface area contributed by atoms with Crippen LogP contribution in [0.15, 0.2) is 34.8 Å². The molecule has 0 aliphatic heterocycles. The number of ether oxygens (including phenoxy) is 1. The van der Waals surface area contributed by atoms with Gasteiger partial charge in [-0.3, -0.25) is 0 Å². The molecule has 0 aliphatic rings. The molecular weight excluding hydrogens is 304 g/mol. The molecule has 2 N–H and O–H groups in total. The van der Waals surface area contributed by atoms with Crippen LogP contribution in [0.2, 0.25) is 0 Å². The van der Waals surface area contributed by atoms with Crippen molar-refractivity contribution in [3.8, 4) is 11.5 Å². The summed E-state index contributed by atoms with van der Waals surface area (Å²) in [6, 6.07) is 7.00. The van der Waals surface area contributed by atoms with Crippen LogP contribution in [0, 0.1) is 18.6 Å². The fourth-order valence-corrected chi connectivity index (χ4v) is 1.67. The highest BCUT2D eigenvalue weighted by molar-refractivity contribution is 9.10. The zero-order chi connectivity index (χ0) is 13.3. The number of nitrogens with two attached hydrogens (primary N) is 1. The Labute approximate surface area is 112 Å². The van der Waals surface area contributed by atoms with Crippen molar-refractivity contribution in [2.24, 2.45) is 0 Å². The van der Waals surface area contributed by atoms with E-state index < -0.39 is 11.6 Å². The van der Waals surface area contributed by atoms with Gasteiger partial charge in [-0.25, -0.2) is 8.78 Å². The Hall–Kier alpha value is -1.62. The first-order chi connectivity index (χ1) is 8.47. The third-order valence-corrected chi connectivity index (χ3v) is 3.05. The van der Waals surface area contributed by atoms with Crippen molar-refractivity contribution >= 4 is 21.6 Å². The molecule has 2 aromatic carbocycles. The van der Waals surface area contributed by atoms with Crippen molar-refractivity contribution < 1.29 is 13.5 Å². The maximum absolute atomic E-state index is 13.3. The molecule has 5 heteroatoms. The monoisotopic (exact) mass is 313 g/mol. The van der Waals surface area contributed by atoms with E-state index in [0.717, 1.165) is 0 Å². The average Bonchev–Trinajstić information content (AvgIpc) is 2.31. The highest BCUT2D eigenvalue weighted by Gasteiger charge is 2.08. The first-order valence-electron chi connectivity index (χ1n) is 5.16. The third kappa shape index (κ3) is 2.61. The topological polar surface area (TPSA) is 35.2 Å². The Kier molecular flexibility index (Phi) is 3.52. The second-order valence-corrected chi connectivity index (χ2v) is 4.67. The van der Waals surface area contributed by atoms with Crippen LogP contribution in [0.3, 0.4) is 0 Å². The van der Waals surface area contributed by atoms with E-state index in [9.17, 15) is 8.78 Å². The summed E-state index contributed by atoms with van der Waals surface area (Å²) >= 11 is 3.05. The lowest BCUT2D eigenvalue weighted by Gasteiger charge is -2.10. The minimum atomic E-state index is -0.440. The molecule has 18 heavy (non-hydrogen) atoms. The molecule has 0 aliphatic carbocycles. The summed E-state index contributed by atoms with van der Waals surface area (Å²) in [5.74, 6) is -0.240. The van der Waals surface area contributed by atoms with E-state index in [1.165, 1.54) is 24.3 Å². The van der Waals surface area contributed by atoms with Gasteiger partial charge in [-0.05, 0) is 46.6 Å². The summed E-state index contributed by atoms with van der Waals surface area (Å²) in [6.07, 6.45) is 0. The van der Waals surface area contributed by atoms with Crippen LogP contribution in [0.4, 0.5) is 14.5 Å². The number of halogens is 3. The fourth-order valence-electron chi connectivity index (χ4n) is 1.43. The Morgan fingerprint density at radius 1 is 1.11 bits per heavy atom. The van der Waals surface area contributed by atoms with E-state index in [0.29, 0.717) is 21.5 Å².